The van der Waals surface area contributed by atoms with E-state index >= 15 is 0 Å². The zero-order valence-electron chi connectivity index (χ0n) is 18.1. The fourth-order valence-corrected chi connectivity index (χ4v) is 5.19. The van der Waals surface area contributed by atoms with Crippen LogP contribution in [0.4, 0.5) is 5.69 Å². The van der Waals surface area contributed by atoms with E-state index in [4.69, 9.17) is 17.0 Å². The molecule has 1 fully saturated rings. The van der Waals surface area contributed by atoms with Gasteiger partial charge in [-0.1, -0.05) is 36.4 Å². The van der Waals surface area contributed by atoms with Gasteiger partial charge in [0.2, 0.25) is 15.9 Å². The van der Waals surface area contributed by atoms with Crippen molar-refractivity contribution in [3.63, 3.8) is 0 Å². The van der Waals surface area contributed by atoms with Gasteiger partial charge >= 0.3 is 0 Å². The molecule has 0 aliphatic carbocycles. The van der Waals surface area contributed by atoms with Gasteiger partial charge in [-0.15, -0.1) is 0 Å². The van der Waals surface area contributed by atoms with Crippen molar-refractivity contribution in [3.8, 4) is 5.75 Å². The Labute approximate surface area is 202 Å². The van der Waals surface area contributed by atoms with E-state index in [1.54, 1.807) is 48.5 Å². The number of nitrogens with zero attached hydrogens (tertiary/aromatic N) is 1. The van der Waals surface area contributed by atoms with Gasteiger partial charge in [0.15, 0.2) is 5.11 Å². The first-order valence-electron chi connectivity index (χ1n) is 10.5. The Morgan fingerprint density at radius 1 is 1.00 bits per heavy atom. The van der Waals surface area contributed by atoms with Crippen molar-refractivity contribution >= 4 is 55.8 Å². The highest BCUT2D eigenvalue weighted by Gasteiger charge is 2.25. The van der Waals surface area contributed by atoms with Crippen LogP contribution in [0.15, 0.2) is 71.6 Å². The smallest absolute Gasteiger partial charge is 0.250 e. The number of aromatic hydroxyl groups is 1. The number of sulfonamides is 1. The number of phenols is 1. The summed E-state index contributed by atoms with van der Waals surface area (Å²) >= 11 is 5.24. The number of carbonyl (C=O) groups is 1. The lowest BCUT2D eigenvalue weighted by atomic mass is 10.1. The number of benzene rings is 3. The van der Waals surface area contributed by atoms with E-state index in [1.165, 1.54) is 22.5 Å². The maximum Gasteiger partial charge on any atom is 0.250 e. The molecule has 3 N–H and O–H groups in total. The predicted octanol–water partition coefficient (Wildman–Crippen LogP) is 3.09. The van der Waals surface area contributed by atoms with Gasteiger partial charge < -0.3 is 15.2 Å². The van der Waals surface area contributed by atoms with E-state index in [9.17, 15) is 18.3 Å². The van der Waals surface area contributed by atoms with E-state index in [-0.39, 0.29) is 15.8 Å². The highest BCUT2D eigenvalue weighted by Crippen LogP contribution is 2.29. The van der Waals surface area contributed by atoms with Gasteiger partial charge in [-0.3, -0.25) is 10.1 Å². The third kappa shape index (κ3) is 5.42. The van der Waals surface area contributed by atoms with Gasteiger partial charge in [-0.25, -0.2) is 8.42 Å². The summed E-state index contributed by atoms with van der Waals surface area (Å²) in [5.74, 6) is -0.284. The summed E-state index contributed by atoms with van der Waals surface area (Å²) in [6.45, 7) is 1.43. The van der Waals surface area contributed by atoms with Crippen molar-refractivity contribution in [1.29, 1.82) is 0 Å². The molecule has 34 heavy (non-hydrogen) atoms. The Hall–Kier alpha value is -3.31. The molecule has 3 aromatic carbocycles. The predicted molar refractivity (Wildman–Crippen MR) is 135 cm³/mol. The van der Waals surface area contributed by atoms with E-state index in [0.717, 1.165) is 5.39 Å². The van der Waals surface area contributed by atoms with Crippen LogP contribution in [0.25, 0.3) is 16.8 Å². The monoisotopic (exact) mass is 497 g/mol. The Morgan fingerprint density at radius 2 is 1.68 bits per heavy atom. The molecule has 1 aliphatic rings. The molecule has 4 rings (SSSR count). The van der Waals surface area contributed by atoms with Crippen LogP contribution in [-0.4, -0.2) is 55.2 Å². The van der Waals surface area contributed by atoms with Crippen LogP contribution < -0.4 is 10.6 Å². The summed E-state index contributed by atoms with van der Waals surface area (Å²) < 4.78 is 32.0. The maximum atomic E-state index is 12.7. The van der Waals surface area contributed by atoms with Crippen LogP contribution >= 0.6 is 12.2 Å². The molecule has 0 bridgehead atoms. The van der Waals surface area contributed by atoms with Crippen molar-refractivity contribution in [3.05, 3.63) is 72.3 Å². The van der Waals surface area contributed by atoms with Crippen molar-refractivity contribution in [2.45, 2.75) is 4.90 Å². The Bertz CT molecular complexity index is 1350. The number of thiocarbonyl (C=S) groups is 1. The third-order valence-electron chi connectivity index (χ3n) is 5.30. The quantitative estimate of drug-likeness (QED) is 0.367. The molecule has 8 nitrogen and oxygen atoms in total. The zero-order chi connectivity index (χ0) is 24.1. The molecule has 0 aromatic heterocycles. The summed E-state index contributed by atoms with van der Waals surface area (Å²) in [4.78, 5) is 12.5. The van der Waals surface area contributed by atoms with Gasteiger partial charge in [0.1, 0.15) is 5.75 Å². The minimum atomic E-state index is -3.57. The number of nitrogens with one attached hydrogen (secondary N) is 2. The molecule has 0 unspecified atom stereocenters. The molecule has 1 aliphatic heterocycles. The van der Waals surface area contributed by atoms with Gasteiger partial charge in [0, 0.05) is 35.6 Å². The lowest BCUT2D eigenvalue weighted by Crippen LogP contribution is -2.40. The van der Waals surface area contributed by atoms with Gasteiger partial charge in [0.05, 0.1) is 18.1 Å². The van der Waals surface area contributed by atoms with Crippen LogP contribution in [0.2, 0.25) is 0 Å². The lowest BCUT2D eigenvalue weighted by molar-refractivity contribution is -0.115. The molecule has 0 spiro atoms. The van der Waals surface area contributed by atoms with Gasteiger partial charge in [-0.2, -0.15) is 4.31 Å². The van der Waals surface area contributed by atoms with E-state index in [1.807, 2.05) is 6.07 Å². The molecule has 3 aromatic rings. The number of morpholine rings is 1. The van der Waals surface area contributed by atoms with Crippen molar-refractivity contribution in [2.75, 3.05) is 31.6 Å². The second kappa shape index (κ2) is 10.3. The van der Waals surface area contributed by atoms with Crippen molar-refractivity contribution in [2.24, 2.45) is 0 Å². The van der Waals surface area contributed by atoms with Crippen LogP contribution in [0.3, 0.4) is 0 Å². The van der Waals surface area contributed by atoms with Crippen molar-refractivity contribution in [1.82, 2.24) is 9.62 Å². The molecule has 0 radical (unpaired) electrons. The molecule has 176 valence electrons. The highest BCUT2D eigenvalue weighted by molar-refractivity contribution is 7.89. The maximum absolute atomic E-state index is 12.7. The largest absolute Gasteiger partial charge is 0.507 e. The number of fused-ring (bicyclic) bond motifs is 1. The second-order valence-corrected chi connectivity index (χ2v) is 9.89. The third-order valence-corrected chi connectivity index (χ3v) is 7.42. The number of ether oxygens (including phenoxy) is 1. The van der Waals surface area contributed by atoms with E-state index in [2.05, 4.69) is 10.6 Å². The summed E-state index contributed by atoms with van der Waals surface area (Å²) in [7, 11) is -3.57. The average Bonchev–Trinajstić information content (AvgIpc) is 2.84. The number of phenolic OH excluding ortho intramolecular Hbond substituents is 1. The normalized spacial score (nSPS) is 14.8. The van der Waals surface area contributed by atoms with E-state index in [0.29, 0.717) is 42.9 Å². The summed E-state index contributed by atoms with van der Waals surface area (Å²) in [5, 5.41) is 17.1. The standard InChI is InChI=1S/C24H23N3O5S2/c28-22-6-2-3-19-20(22)4-1-5-21(19)25-24(33)26-23(29)12-9-17-7-10-18(11-8-17)34(30,31)27-13-15-32-16-14-27/h1-12,28H,13-16H2,(H2,25,26,29,33)/b12-9+. The minimum Gasteiger partial charge on any atom is -0.507 e. The zero-order valence-corrected chi connectivity index (χ0v) is 19.7. The fraction of sp³-hybridized carbons (Fsp3) is 0.167. The summed E-state index contributed by atoms with van der Waals surface area (Å²) in [6, 6.07) is 16.8. The number of amides is 1. The second-order valence-electron chi connectivity index (χ2n) is 7.54. The summed E-state index contributed by atoms with van der Waals surface area (Å²) in [5.41, 5.74) is 1.32. The van der Waals surface area contributed by atoms with Crippen LogP contribution in [0.5, 0.6) is 5.75 Å². The first kappa shape index (κ1) is 23.8. The SMILES string of the molecule is O=C(/C=C/c1ccc(S(=O)(=O)N2CCOCC2)cc1)NC(=S)Nc1cccc2c(O)cccc12. The Kier molecular flexibility index (Phi) is 7.23. The Balaban J connectivity index is 1.37. The topological polar surface area (TPSA) is 108 Å². The minimum absolute atomic E-state index is 0.109. The number of hydrogen-bond donors (Lipinski definition) is 3. The van der Waals surface area contributed by atoms with Gasteiger partial charge in [0.25, 0.3) is 0 Å². The molecule has 1 heterocycles. The van der Waals surface area contributed by atoms with Gasteiger partial charge in [-0.05, 0) is 48.1 Å². The number of anilines is 1. The first-order valence-corrected chi connectivity index (χ1v) is 12.4. The molecule has 0 atom stereocenters. The lowest BCUT2D eigenvalue weighted by Gasteiger charge is -2.26. The van der Waals surface area contributed by atoms with Crippen LogP contribution in [0.1, 0.15) is 5.56 Å². The fourth-order valence-electron chi connectivity index (χ4n) is 3.57. The molecular weight excluding hydrogens is 474 g/mol. The first-order chi connectivity index (χ1) is 16.3. The molecule has 1 saturated heterocycles. The molecule has 1 amide bonds. The highest BCUT2D eigenvalue weighted by atomic mass is 32.2. The number of hydrogen-bond acceptors (Lipinski definition) is 6. The van der Waals surface area contributed by atoms with Crippen molar-refractivity contribution < 1.29 is 23.1 Å². The van der Waals surface area contributed by atoms with Crippen LogP contribution in [0, 0.1) is 0 Å². The summed E-state index contributed by atoms with van der Waals surface area (Å²) in [6.07, 6.45) is 2.88. The number of carbonyl (C=O) groups excluding carboxylic acids is 1. The van der Waals surface area contributed by atoms with Crippen LogP contribution in [-0.2, 0) is 19.6 Å². The Morgan fingerprint density at radius 3 is 2.41 bits per heavy atom. The average molecular weight is 498 g/mol. The number of rotatable bonds is 5. The van der Waals surface area contributed by atoms with E-state index < -0.39 is 15.9 Å². The molecule has 0 saturated carbocycles. The molecule has 10 heteroatoms. The molecular formula is C24H23N3O5S2.